The van der Waals surface area contributed by atoms with E-state index in [9.17, 15) is 4.79 Å². The molecule has 0 aromatic heterocycles. The third-order valence-electron chi connectivity index (χ3n) is 2.88. The van der Waals surface area contributed by atoms with Crippen LogP contribution in [0.3, 0.4) is 0 Å². The van der Waals surface area contributed by atoms with Crippen molar-refractivity contribution in [2.75, 3.05) is 0 Å². The molecular weight excluding hydrogens is 228 g/mol. The lowest BCUT2D eigenvalue weighted by Crippen LogP contribution is -2.14. The minimum atomic E-state index is -0.321. The number of aromatic hydroxyl groups is 1. The molecule has 1 atom stereocenters. The number of unbranched alkanes of at least 4 members (excludes halogenated alkanes) is 3. The third kappa shape index (κ3) is 5.21. The van der Waals surface area contributed by atoms with Gasteiger partial charge in [-0.1, -0.05) is 26.2 Å². The van der Waals surface area contributed by atoms with Crippen molar-refractivity contribution >= 4 is 5.97 Å². The van der Waals surface area contributed by atoms with Crippen LogP contribution in [0, 0.1) is 0 Å². The molecule has 0 aliphatic carbocycles. The number of carbonyl (C=O) groups is 1. The van der Waals surface area contributed by atoms with E-state index in [1.54, 1.807) is 12.1 Å². The van der Waals surface area contributed by atoms with Crippen LogP contribution in [0.1, 0.15) is 56.3 Å². The summed E-state index contributed by atoms with van der Waals surface area (Å²) in [5.41, 5.74) is 0.480. The highest BCUT2D eigenvalue weighted by molar-refractivity contribution is 5.89. The average molecular weight is 250 g/mol. The van der Waals surface area contributed by atoms with E-state index in [0.717, 1.165) is 12.8 Å². The van der Waals surface area contributed by atoms with Gasteiger partial charge in [-0.2, -0.15) is 0 Å². The SMILES string of the molecule is CCCCCC[C@@H](C)OC(=O)c1ccc(O)cc1. The van der Waals surface area contributed by atoms with Crippen molar-refractivity contribution in [3.05, 3.63) is 29.8 Å². The largest absolute Gasteiger partial charge is 0.508 e. The summed E-state index contributed by atoms with van der Waals surface area (Å²) in [5, 5.41) is 9.13. The second kappa shape index (κ2) is 7.75. The van der Waals surface area contributed by atoms with Crippen LogP contribution < -0.4 is 0 Å². The van der Waals surface area contributed by atoms with Crippen LogP contribution >= 0.6 is 0 Å². The summed E-state index contributed by atoms with van der Waals surface area (Å²) in [4.78, 5) is 11.8. The lowest BCUT2D eigenvalue weighted by atomic mass is 10.1. The Morgan fingerprint density at radius 2 is 1.89 bits per heavy atom. The minimum absolute atomic E-state index is 0.0526. The molecular formula is C15H22O3. The molecule has 3 nitrogen and oxygen atoms in total. The lowest BCUT2D eigenvalue weighted by Gasteiger charge is -2.13. The molecule has 1 N–H and O–H groups in total. The van der Waals surface area contributed by atoms with Crippen molar-refractivity contribution < 1.29 is 14.6 Å². The molecule has 1 aromatic carbocycles. The van der Waals surface area contributed by atoms with Crippen molar-refractivity contribution in [1.29, 1.82) is 0 Å². The zero-order valence-electron chi connectivity index (χ0n) is 11.2. The zero-order chi connectivity index (χ0) is 13.4. The Labute approximate surface area is 109 Å². The second-order valence-corrected chi connectivity index (χ2v) is 4.61. The predicted molar refractivity (Wildman–Crippen MR) is 71.7 cm³/mol. The first-order chi connectivity index (χ1) is 8.63. The number of rotatable bonds is 7. The number of benzene rings is 1. The van der Waals surface area contributed by atoms with Gasteiger partial charge in [-0.3, -0.25) is 0 Å². The van der Waals surface area contributed by atoms with Crippen LogP contribution in [-0.4, -0.2) is 17.2 Å². The second-order valence-electron chi connectivity index (χ2n) is 4.61. The molecule has 18 heavy (non-hydrogen) atoms. The Morgan fingerprint density at radius 3 is 2.50 bits per heavy atom. The molecule has 0 saturated heterocycles. The molecule has 0 amide bonds. The summed E-state index contributed by atoms with van der Waals surface area (Å²) in [6, 6.07) is 6.12. The molecule has 1 aromatic rings. The zero-order valence-corrected chi connectivity index (χ0v) is 11.2. The maximum absolute atomic E-state index is 11.8. The number of esters is 1. The molecule has 1 rings (SSSR count). The summed E-state index contributed by atoms with van der Waals surface area (Å²) >= 11 is 0. The van der Waals surface area contributed by atoms with Crippen LogP contribution in [0.2, 0.25) is 0 Å². The maximum atomic E-state index is 11.8. The fraction of sp³-hybridized carbons (Fsp3) is 0.533. The highest BCUT2D eigenvalue weighted by Crippen LogP contribution is 2.13. The van der Waals surface area contributed by atoms with Crippen molar-refractivity contribution in [2.45, 2.75) is 52.1 Å². The third-order valence-corrected chi connectivity index (χ3v) is 2.88. The summed E-state index contributed by atoms with van der Waals surface area (Å²) < 4.78 is 5.34. The van der Waals surface area contributed by atoms with Gasteiger partial charge < -0.3 is 9.84 Å². The fourth-order valence-corrected chi connectivity index (χ4v) is 1.77. The van der Waals surface area contributed by atoms with Gasteiger partial charge >= 0.3 is 5.97 Å². The topological polar surface area (TPSA) is 46.5 Å². The van der Waals surface area contributed by atoms with Crippen LogP contribution in [0.25, 0.3) is 0 Å². The molecule has 0 radical (unpaired) electrons. The van der Waals surface area contributed by atoms with Gasteiger partial charge in [0.1, 0.15) is 5.75 Å². The normalized spacial score (nSPS) is 12.1. The summed E-state index contributed by atoms with van der Waals surface area (Å²) in [6.45, 7) is 4.10. The molecule has 0 saturated carbocycles. The van der Waals surface area contributed by atoms with E-state index in [1.165, 1.54) is 31.4 Å². The standard InChI is InChI=1S/C15H22O3/c1-3-4-5-6-7-12(2)18-15(17)13-8-10-14(16)11-9-13/h8-12,16H,3-7H2,1-2H3/t12-/m1/s1. The van der Waals surface area contributed by atoms with E-state index in [2.05, 4.69) is 6.92 Å². The quantitative estimate of drug-likeness (QED) is 0.589. The number of hydrogen-bond acceptors (Lipinski definition) is 3. The Bertz CT molecular complexity index is 357. The van der Waals surface area contributed by atoms with Crippen molar-refractivity contribution in [3.8, 4) is 5.75 Å². The molecule has 0 aliphatic heterocycles. The molecule has 0 bridgehead atoms. The van der Waals surface area contributed by atoms with E-state index >= 15 is 0 Å². The minimum Gasteiger partial charge on any atom is -0.508 e. The van der Waals surface area contributed by atoms with Crippen LogP contribution in [-0.2, 0) is 4.74 Å². The Morgan fingerprint density at radius 1 is 1.22 bits per heavy atom. The molecule has 0 unspecified atom stereocenters. The van der Waals surface area contributed by atoms with Crippen LogP contribution in [0.4, 0.5) is 0 Å². The summed E-state index contributed by atoms with van der Waals surface area (Å²) in [7, 11) is 0. The summed E-state index contributed by atoms with van der Waals surface area (Å²) in [5.74, 6) is -0.169. The summed E-state index contributed by atoms with van der Waals surface area (Å²) in [6.07, 6.45) is 5.59. The van der Waals surface area contributed by atoms with Gasteiger partial charge in [0.25, 0.3) is 0 Å². The molecule has 0 fully saturated rings. The van der Waals surface area contributed by atoms with Gasteiger partial charge in [0.15, 0.2) is 0 Å². The number of phenols is 1. The van der Waals surface area contributed by atoms with E-state index in [-0.39, 0.29) is 17.8 Å². The Balaban J connectivity index is 2.33. The van der Waals surface area contributed by atoms with Gasteiger partial charge in [0.05, 0.1) is 11.7 Å². The maximum Gasteiger partial charge on any atom is 0.338 e. The molecule has 100 valence electrons. The smallest absolute Gasteiger partial charge is 0.338 e. The van der Waals surface area contributed by atoms with Gasteiger partial charge in [0.2, 0.25) is 0 Å². The monoisotopic (exact) mass is 250 g/mol. The highest BCUT2D eigenvalue weighted by atomic mass is 16.5. The first-order valence-corrected chi connectivity index (χ1v) is 6.63. The molecule has 0 aliphatic rings. The van der Waals surface area contributed by atoms with E-state index < -0.39 is 0 Å². The van der Waals surface area contributed by atoms with Crippen LogP contribution in [0.15, 0.2) is 24.3 Å². The van der Waals surface area contributed by atoms with Gasteiger partial charge in [-0.25, -0.2) is 4.79 Å². The lowest BCUT2D eigenvalue weighted by molar-refractivity contribution is 0.0319. The molecule has 0 spiro atoms. The van der Waals surface area contributed by atoms with E-state index in [0.29, 0.717) is 5.56 Å². The Hall–Kier alpha value is -1.51. The van der Waals surface area contributed by atoms with Crippen molar-refractivity contribution in [1.82, 2.24) is 0 Å². The van der Waals surface area contributed by atoms with E-state index in [1.807, 2.05) is 6.92 Å². The molecule has 3 heteroatoms. The van der Waals surface area contributed by atoms with Gasteiger partial charge in [-0.15, -0.1) is 0 Å². The first kappa shape index (κ1) is 14.6. The predicted octanol–water partition coefficient (Wildman–Crippen LogP) is 3.91. The van der Waals surface area contributed by atoms with Crippen molar-refractivity contribution in [2.24, 2.45) is 0 Å². The average Bonchev–Trinajstić information content (AvgIpc) is 2.35. The number of hydrogen-bond donors (Lipinski definition) is 1. The Kier molecular flexibility index (Phi) is 6.26. The number of carbonyl (C=O) groups excluding carboxylic acids is 1. The fourth-order valence-electron chi connectivity index (χ4n) is 1.77. The van der Waals surface area contributed by atoms with E-state index in [4.69, 9.17) is 9.84 Å². The van der Waals surface area contributed by atoms with Gasteiger partial charge in [0, 0.05) is 0 Å². The first-order valence-electron chi connectivity index (χ1n) is 6.63. The van der Waals surface area contributed by atoms with Gasteiger partial charge in [-0.05, 0) is 44.0 Å². The number of phenolic OH excluding ortho intramolecular Hbond substituents is 1. The highest BCUT2D eigenvalue weighted by Gasteiger charge is 2.11. The molecule has 0 heterocycles. The number of ether oxygens (including phenoxy) is 1. The van der Waals surface area contributed by atoms with Crippen molar-refractivity contribution in [3.63, 3.8) is 0 Å². The van der Waals surface area contributed by atoms with Crippen LogP contribution in [0.5, 0.6) is 5.75 Å².